The number of rotatable bonds is 6. The molecular formula is C21H18FN5O3. The van der Waals surface area contributed by atoms with Gasteiger partial charge in [0.2, 0.25) is 0 Å². The molecule has 0 aliphatic heterocycles. The second-order valence-corrected chi connectivity index (χ2v) is 6.68. The minimum absolute atomic E-state index is 0.0791. The number of aliphatic hydroxyl groups is 1. The van der Waals surface area contributed by atoms with Gasteiger partial charge < -0.3 is 10.2 Å². The fourth-order valence-corrected chi connectivity index (χ4v) is 3.15. The maximum atomic E-state index is 14.6. The van der Waals surface area contributed by atoms with Crippen molar-refractivity contribution in [2.45, 2.75) is 13.5 Å². The number of nitrogens with zero attached hydrogens (tertiary/aromatic N) is 5. The van der Waals surface area contributed by atoms with Gasteiger partial charge in [-0.05, 0) is 43.3 Å². The summed E-state index contributed by atoms with van der Waals surface area (Å²) in [7, 11) is 0. The van der Waals surface area contributed by atoms with Gasteiger partial charge in [0.25, 0.3) is 0 Å². The first-order valence-corrected chi connectivity index (χ1v) is 9.17. The molecule has 2 N–H and O–H groups in total. The molecule has 0 spiro atoms. The van der Waals surface area contributed by atoms with Crippen LogP contribution in [0.2, 0.25) is 0 Å². The van der Waals surface area contributed by atoms with Gasteiger partial charge in [0, 0.05) is 28.6 Å². The van der Waals surface area contributed by atoms with E-state index >= 15 is 0 Å². The van der Waals surface area contributed by atoms with E-state index in [1.54, 1.807) is 30.5 Å². The number of hydrogen-bond donors (Lipinski definition) is 2. The van der Waals surface area contributed by atoms with Crippen molar-refractivity contribution >= 4 is 5.97 Å². The standard InChI is InChI=1S/C21H18FN5O3/c1-13-3-2-4-20(24-13)27-19(10-18(25-27)21(29)30)14-5-6-17(22)16(9-14)15-11-23-26(12-15)7-8-28/h2-6,9-12,28H,7-8H2,1H3,(H,29,30). The molecule has 0 aliphatic rings. The summed E-state index contributed by atoms with van der Waals surface area (Å²) < 4.78 is 17.5. The zero-order chi connectivity index (χ0) is 21.3. The number of benzene rings is 1. The Kier molecular flexibility index (Phi) is 5.11. The van der Waals surface area contributed by atoms with Gasteiger partial charge in [-0.1, -0.05) is 6.07 Å². The maximum Gasteiger partial charge on any atom is 0.356 e. The summed E-state index contributed by atoms with van der Waals surface area (Å²) in [6, 6.07) is 11.3. The summed E-state index contributed by atoms with van der Waals surface area (Å²) in [5.74, 6) is -1.16. The van der Waals surface area contributed by atoms with Crippen LogP contribution in [0.25, 0.3) is 28.2 Å². The monoisotopic (exact) mass is 407 g/mol. The average Bonchev–Trinajstić information content (AvgIpc) is 3.36. The van der Waals surface area contributed by atoms with E-state index in [1.807, 2.05) is 13.0 Å². The Labute approximate surface area is 170 Å². The molecule has 3 heterocycles. The van der Waals surface area contributed by atoms with E-state index < -0.39 is 11.8 Å². The molecule has 0 fully saturated rings. The molecule has 0 bridgehead atoms. The van der Waals surface area contributed by atoms with Crippen LogP contribution < -0.4 is 0 Å². The van der Waals surface area contributed by atoms with Crippen LogP contribution in [0.5, 0.6) is 0 Å². The molecule has 1 aromatic carbocycles. The van der Waals surface area contributed by atoms with Crippen LogP contribution >= 0.6 is 0 Å². The molecule has 0 amide bonds. The molecule has 0 saturated carbocycles. The number of aliphatic hydroxyl groups excluding tert-OH is 1. The van der Waals surface area contributed by atoms with E-state index in [4.69, 9.17) is 5.11 Å². The van der Waals surface area contributed by atoms with Gasteiger partial charge in [0.1, 0.15) is 5.82 Å². The highest BCUT2D eigenvalue weighted by Crippen LogP contribution is 2.30. The molecule has 4 rings (SSSR count). The summed E-state index contributed by atoms with van der Waals surface area (Å²) in [4.78, 5) is 15.9. The van der Waals surface area contributed by atoms with Crippen LogP contribution in [0.4, 0.5) is 4.39 Å². The lowest BCUT2D eigenvalue weighted by molar-refractivity contribution is 0.0690. The lowest BCUT2D eigenvalue weighted by atomic mass is 10.0. The van der Waals surface area contributed by atoms with Gasteiger partial charge in [0.15, 0.2) is 11.5 Å². The van der Waals surface area contributed by atoms with Crippen molar-refractivity contribution in [2.75, 3.05) is 6.61 Å². The number of aromatic carboxylic acids is 1. The summed E-state index contributed by atoms with van der Waals surface area (Å²) >= 11 is 0. The number of pyridine rings is 1. The highest BCUT2D eigenvalue weighted by molar-refractivity contribution is 5.87. The van der Waals surface area contributed by atoms with E-state index in [2.05, 4.69) is 15.2 Å². The van der Waals surface area contributed by atoms with Crippen molar-refractivity contribution in [3.05, 3.63) is 72.1 Å². The molecule has 30 heavy (non-hydrogen) atoms. The molecule has 0 saturated heterocycles. The molecule has 0 atom stereocenters. The Bertz CT molecular complexity index is 1230. The number of aryl methyl sites for hydroxylation is 1. The SMILES string of the molecule is Cc1cccc(-n2nc(C(=O)O)cc2-c2ccc(F)c(-c3cnn(CCO)c3)c2)n1. The fraction of sp³-hybridized carbons (Fsp3) is 0.143. The summed E-state index contributed by atoms with van der Waals surface area (Å²) in [5.41, 5.74) is 2.50. The first-order chi connectivity index (χ1) is 14.5. The van der Waals surface area contributed by atoms with E-state index in [0.29, 0.717) is 34.7 Å². The number of carboxylic acid groups (broad SMARTS) is 1. The lowest BCUT2D eigenvalue weighted by Crippen LogP contribution is -2.04. The number of hydrogen-bond acceptors (Lipinski definition) is 5. The van der Waals surface area contributed by atoms with Crippen molar-refractivity contribution in [3.8, 4) is 28.2 Å². The molecule has 0 radical (unpaired) electrons. The van der Waals surface area contributed by atoms with Gasteiger partial charge in [0.05, 0.1) is 25.0 Å². The Morgan fingerprint density at radius 2 is 2.00 bits per heavy atom. The first kappa shape index (κ1) is 19.5. The first-order valence-electron chi connectivity index (χ1n) is 9.17. The Morgan fingerprint density at radius 1 is 1.17 bits per heavy atom. The minimum Gasteiger partial charge on any atom is -0.476 e. The minimum atomic E-state index is -1.17. The molecule has 0 unspecified atom stereocenters. The third kappa shape index (κ3) is 3.70. The summed E-state index contributed by atoms with van der Waals surface area (Å²) in [6.45, 7) is 2.05. The highest BCUT2D eigenvalue weighted by Gasteiger charge is 2.18. The third-order valence-corrected chi connectivity index (χ3v) is 4.55. The Morgan fingerprint density at radius 3 is 2.73 bits per heavy atom. The largest absolute Gasteiger partial charge is 0.476 e. The number of aromatic nitrogens is 5. The molecule has 152 valence electrons. The van der Waals surface area contributed by atoms with Crippen molar-refractivity contribution in [3.63, 3.8) is 0 Å². The molecule has 9 heteroatoms. The zero-order valence-electron chi connectivity index (χ0n) is 16.0. The van der Waals surface area contributed by atoms with E-state index in [-0.39, 0.29) is 12.3 Å². The highest BCUT2D eigenvalue weighted by atomic mass is 19.1. The van der Waals surface area contributed by atoms with Crippen LogP contribution in [0.15, 0.2) is 54.9 Å². The van der Waals surface area contributed by atoms with Crippen LogP contribution in [-0.4, -0.2) is 47.3 Å². The molecular weight excluding hydrogens is 389 g/mol. The number of halogens is 1. The summed E-state index contributed by atoms with van der Waals surface area (Å²) in [5, 5.41) is 26.7. The number of carbonyl (C=O) groups is 1. The molecule has 8 nitrogen and oxygen atoms in total. The topological polar surface area (TPSA) is 106 Å². The summed E-state index contributed by atoms with van der Waals surface area (Å²) in [6.07, 6.45) is 3.15. The number of carboxylic acids is 1. The van der Waals surface area contributed by atoms with E-state index in [1.165, 1.54) is 27.7 Å². The van der Waals surface area contributed by atoms with Gasteiger partial charge in [-0.25, -0.2) is 18.9 Å². The predicted molar refractivity (Wildman–Crippen MR) is 107 cm³/mol. The van der Waals surface area contributed by atoms with Crippen molar-refractivity contribution in [1.82, 2.24) is 24.5 Å². The van der Waals surface area contributed by atoms with Crippen molar-refractivity contribution in [2.24, 2.45) is 0 Å². The Hall–Kier alpha value is -3.85. The average molecular weight is 407 g/mol. The Balaban J connectivity index is 1.85. The van der Waals surface area contributed by atoms with Crippen molar-refractivity contribution in [1.29, 1.82) is 0 Å². The van der Waals surface area contributed by atoms with Crippen molar-refractivity contribution < 1.29 is 19.4 Å². The maximum absolute atomic E-state index is 14.6. The normalized spacial score (nSPS) is 11.0. The van der Waals surface area contributed by atoms with Gasteiger partial charge in [-0.2, -0.15) is 10.2 Å². The van der Waals surface area contributed by atoms with Gasteiger partial charge in [-0.3, -0.25) is 4.68 Å². The third-order valence-electron chi connectivity index (χ3n) is 4.55. The lowest BCUT2D eigenvalue weighted by Gasteiger charge is -2.09. The molecule has 3 aromatic heterocycles. The quantitative estimate of drug-likeness (QED) is 0.509. The van der Waals surface area contributed by atoms with E-state index in [9.17, 15) is 14.3 Å². The second-order valence-electron chi connectivity index (χ2n) is 6.68. The fourth-order valence-electron chi connectivity index (χ4n) is 3.15. The predicted octanol–water partition coefficient (Wildman–Crippen LogP) is 2.94. The molecule has 4 aromatic rings. The van der Waals surface area contributed by atoms with Crippen LogP contribution in [-0.2, 0) is 6.54 Å². The van der Waals surface area contributed by atoms with Crippen LogP contribution in [0.1, 0.15) is 16.2 Å². The van der Waals surface area contributed by atoms with Gasteiger partial charge in [-0.15, -0.1) is 0 Å². The second kappa shape index (κ2) is 7.88. The zero-order valence-corrected chi connectivity index (χ0v) is 16.0. The smallest absolute Gasteiger partial charge is 0.356 e. The molecule has 0 aliphatic carbocycles. The van der Waals surface area contributed by atoms with Crippen LogP contribution in [0.3, 0.4) is 0 Å². The van der Waals surface area contributed by atoms with E-state index in [0.717, 1.165) is 5.69 Å². The van der Waals surface area contributed by atoms with Gasteiger partial charge >= 0.3 is 5.97 Å². The van der Waals surface area contributed by atoms with Crippen LogP contribution in [0, 0.1) is 12.7 Å².